The number of benzene rings is 1. The molecule has 5 heteroatoms. The van der Waals surface area contributed by atoms with Crippen LogP contribution in [0.4, 0.5) is 0 Å². The van der Waals surface area contributed by atoms with Crippen LogP contribution in [-0.4, -0.2) is 17.6 Å². The quantitative estimate of drug-likeness (QED) is 0.860. The fourth-order valence-electron chi connectivity index (χ4n) is 1.66. The number of esters is 1. The Hall–Kier alpha value is -1.45. The second kappa shape index (κ2) is 5.46. The van der Waals surface area contributed by atoms with Gasteiger partial charge in [-0.1, -0.05) is 23.2 Å². The minimum Gasteiger partial charge on any atom is -0.462 e. The highest BCUT2D eigenvalue weighted by Gasteiger charge is 2.16. The van der Waals surface area contributed by atoms with Crippen LogP contribution in [-0.2, 0) is 4.74 Å². The first kappa shape index (κ1) is 13.0. The van der Waals surface area contributed by atoms with E-state index in [0.717, 1.165) is 0 Å². The molecule has 0 fully saturated rings. The average Bonchev–Trinajstić information content (AvgIpc) is 2.78. The van der Waals surface area contributed by atoms with Gasteiger partial charge < -0.3 is 9.72 Å². The third kappa shape index (κ3) is 2.52. The number of hydrogen-bond acceptors (Lipinski definition) is 2. The molecule has 1 heterocycles. The monoisotopic (exact) mass is 283 g/mol. The van der Waals surface area contributed by atoms with Gasteiger partial charge >= 0.3 is 5.97 Å². The van der Waals surface area contributed by atoms with E-state index >= 15 is 0 Å². The Kier molecular flexibility index (Phi) is 3.94. The third-order valence-electron chi connectivity index (χ3n) is 2.44. The molecular weight excluding hydrogens is 273 g/mol. The van der Waals surface area contributed by atoms with E-state index in [4.69, 9.17) is 27.9 Å². The van der Waals surface area contributed by atoms with Gasteiger partial charge in [0, 0.05) is 16.8 Å². The summed E-state index contributed by atoms with van der Waals surface area (Å²) >= 11 is 12.0. The number of carbonyl (C=O) groups excluding carboxylic acids is 1. The van der Waals surface area contributed by atoms with Gasteiger partial charge in [-0.2, -0.15) is 0 Å². The first-order chi connectivity index (χ1) is 8.63. The van der Waals surface area contributed by atoms with Crippen LogP contribution in [0.1, 0.15) is 17.3 Å². The molecule has 2 aromatic rings. The zero-order valence-electron chi connectivity index (χ0n) is 9.67. The summed E-state index contributed by atoms with van der Waals surface area (Å²) in [7, 11) is 0. The molecule has 0 radical (unpaired) electrons. The predicted molar refractivity (Wildman–Crippen MR) is 72.2 cm³/mol. The maximum Gasteiger partial charge on any atom is 0.340 e. The predicted octanol–water partition coefficient (Wildman–Crippen LogP) is 4.17. The van der Waals surface area contributed by atoms with Crippen LogP contribution in [0.25, 0.3) is 11.3 Å². The maximum absolute atomic E-state index is 11.8. The van der Waals surface area contributed by atoms with Crippen molar-refractivity contribution in [3.63, 3.8) is 0 Å². The highest BCUT2D eigenvalue weighted by atomic mass is 35.5. The summed E-state index contributed by atoms with van der Waals surface area (Å²) in [6.45, 7) is 2.09. The van der Waals surface area contributed by atoms with E-state index in [-0.39, 0.29) is 5.97 Å². The van der Waals surface area contributed by atoms with E-state index in [2.05, 4.69) is 4.98 Å². The van der Waals surface area contributed by atoms with Crippen molar-refractivity contribution in [3.8, 4) is 11.3 Å². The molecule has 2 rings (SSSR count). The molecule has 0 atom stereocenters. The van der Waals surface area contributed by atoms with Crippen molar-refractivity contribution >= 4 is 29.2 Å². The lowest BCUT2D eigenvalue weighted by Crippen LogP contribution is -2.05. The third-order valence-corrected chi connectivity index (χ3v) is 2.99. The molecule has 0 bridgehead atoms. The SMILES string of the molecule is CCOC(=O)c1cc[nH]c1-c1ccc(Cl)cc1Cl. The van der Waals surface area contributed by atoms with Crippen LogP contribution in [0.3, 0.4) is 0 Å². The Bertz CT molecular complexity index is 578. The first-order valence-corrected chi connectivity index (χ1v) is 6.19. The van der Waals surface area contributed by atoms with E-state index in [9.17, 15) is 4.79 Å². The molecule has 0 aliphatic rings. The first-order valence-electron chi connectivity index (χ1n) is 5.43. The molecule has 0 aliphatic carbocycles. The lowest BCUT2D eigenvalue weighted by atomic mass is 10.1. The highest BCUT2D eigenvalue weighted by Crippen LogP contribution is 2.31. The van der Waals surface area contributed by atoms with Gasteiger partial charge in [0.2, 0.25) is 0 Å². The van der Waals surface area contributed by atoms with Gasteiger partial charge in [-0.15, -0.1) is 0 Å². The van der Waals surface area contributed by atoms with Crippen molar-refractivity contribution in [1.29, 1.82) is 0 Å². The smallest absolute Gasteiger partial charge is 0.340 e. The number of H-pyrrole nitrogens is 1. The standard InChI is InChI=1S/C13H11Cl2NO2/c1-2-18-13(17)10-5-6-16-12(10)9-4-3-8(14)7-11(9)15/h3-7,16H,2H2,1H3. The zero-order chi connectivity index (χ0) is 13.1. The number of nitrogens with one attached hydrogen (secondary N) is 1. The number of rotatable bonds is 3. The molecule has 18 heavy (non-hydrogen) atoms. The van der Waals surface area contributed by atoms with Crippen LogP contribution < -0.4 is 0 Å². The van der Waals surface area contributed by atoms with Crippen molar-refractivity contribution in [3.05, 3.63) is 46.1 Å². The Morgan fingerprint density at radius 3 is 2.78 bits per heavy atom. The largest absolute Gasteiger partial charge is 0.462 e. The summed E-state index contributed by atoms with van der Waals surface area (Å²) in [5, 5.41) is 1.03. The Morgan fingerprint density at radius 2 is 2.11 bits per heavy atom. The maximum atomic E-state index is 11.8. The summed E-state index contributed by atoms with van der Waals surface area (Å²) in [6, 6.07) is 6.78. The van der Waals surface area contributed by atoms with Crippen molar-refractivity contribution < 1.29 is 9.53 Å². The topological polar surface area (TPSA) is 42.1 Å². The number of aromatic nitrogens is 1. The lowest BCUT2D eigenvalue weighted by molar-refractivity contribution is 0.0527. The Morgan fingerprint density at radius 1 is 1.33 bits per heavy atom. The summed E-state index contributed by atoms with van der Waals surface area (Å²) in [5.74, 6) is -0.375. The molecule has 3 nitrogen and oxygen atoms in total. The molecule has 1 aromatic carbocycles. The highest BCUT2D eigenvalue weighted by molar-refractivity contribution is 6.36. The molecule has 1 N–H and O–H groups in total. The van der Waals surface area contributed by atoms with E-state index in [1.165, 1.54) is 0 Å². The van der Waals surface area contributed by atoms with Crippen LogP contribution >= 0.6 is 23.2 Å². The minimum absolute atomic E-state index is 0.331. The molecule has 0 saturated heterocycles. The van der Waals surface area contributed by atoms with Gasteiger partial charge in [0.15, 0.2) is 0 Å². The van der Waals surface area contributed by atoms with Gasteiger partial charge in [-0.3, -0.25) is 0 Å². The summed E-state index contributed by atoms with van der Waals surface area (Å²) in [6.07, 6.45) is 1.67. The summed E-state index contributed by atoms with van der Waals surface area (Å²) < 4.78 is 4.98. The molecule has 1 aromatic heterocycles. The second-order valence-corrected chi connectivity index (χ2v) is 4.45. The molecule has 0 unspecified atom stereocenters. The minimum atomic E-state index is -0.375. The molecule has 0 aliphatic heterocycles. The Labute approximate surface area is 115 Å². The number of carbonyl (C=O) groups is 1. The zero-order valence-corrected chi connectivity index (χ0v) is 11.2. The fraction of sp³-hybridized carbons (Fsp3) is 0.154. The van der Waals surface area contributed by atoms with Gasteiger partial charge in [0.25, 0.3) is 0 Å². The van der Waals surface area contributed by atoms with E-state index < -0.39 is 0 Å². The van der Waals surface area contributed by atoms with Gasteiger partial charge in [0.1, 0.15) is 0 Å². The summed E-state index contributed by atoms with van der Waals surface area (Å²) in [4.78, 5) is 14.8. The van der Waals surface area contributed by atoms with E-state index in [1.807, 2.05) is 0 Å². The fourth-order valence-corrected chi connectivity index (χ4v) is 2.17. The number of aromatic amines is 1. The van der Waals surface area contributed by atoms with Crippen LogP contribution in [0.5, 0.6) is 0 Å². The summed E-state index contributed by atoms with van der Waals surface area (Å²) in [5.41, 5.74) is 1.81. The molecule has 0 spiro atoms. The number of ether oxygens (including phenoxy) is 1. The van der Waals surface area contributed by atoms with Crippen molar-refractivity contribution in [1.82, 2.24) is 4.98 Å². The normalized spacial score (nSPS) is 10.4. The lowest BCUT2D eigenvalue weighted by Gasteiger charge is -2.06. The van der Waals surface area contributed by atoms with Gasteiger partial charge in [-0.25, -0.2) is 4.79 Å². The van der Waals surface area contributed by atoms with Crippen molar-refractivity contribution in [2.45, 2.75) is 6.92 Å². The van der Waals surface area contributed by atoms with Crippen LogP contribution in [0, 0.1) is 0 Å². The molecular formula is C13H11Cl2NO2. The van der Waals surface area contributed by atoms with E-state index in [0.29, 0.717) is 33.5 Å². The van der Waals surface area contributed by atoms with Crippen LogP contribution in [0.15, 0.2) is 30.5 Å². The molecule has 0 amide bonds. The second-order valence-electron chi connectivity index (χ2n) is 3.61. The molecule has 0 saturated carbocycles. The van der Waals surface area contributed by atoms with Crippen LogP contribution in [0.2, 0.25) is 10.0 Å². The van der Waals surface area contributed by atoms with Gasteiger partial charge in [0.05, 0.1) is 22.9 Å². The number of hydrogen-bond donors (Lipinski definition) is 1. The molecule has 94 valence electrons. The van der Waals surface area contributed by atoms with Crippen molar-refractivity contribution in [2.75, 3.05) is 6.61 Å². The van der Waals surface area contributed by atoms with Crippen molar-refractivity contribution in [2.24, 2.45) is 0 Å². The van der Waals surface area contributed by atoms with E-state index in [1.54, 1.807) is 37.4 Å². The average molecular weight is 284 g/mol. The van der Waals surface area contributed by atoms with Gasteiger partial charge in [-0.05, 0) is 31.2 Å². The Balaban J connectivity index is 2.45. The number of halogens is 2.